The monoisotopic (exact) mass is 263 g/mol. The van der Waals surface area contributed by atoms with Crippen LogP contribution in [0, 0.1) is 0 Å². The third kappa shape index (κ3) is 1.55. The number of amides is 1. The summed E-state index contributed by atoms with van der Waals surface area (Å²) in [5.41, 5.74) is 1.94. The second-order valence-corrected chi connectivity index (χ2v) is 4.51. The van der Waals surface area contributed by atoms with E-state index in [1.807, 2.05) is 6.07 Å². The van der Waals surface area contributed by atoms with E-state index in [0.29, 0.717) is 27.5 Å². The molecular formula is C12H10ClN3O2. The molecule has 92 valence electrons. The second kappa shape index (κ2) is 3.74. The zero-order chi connectivity index (χ0) is 12.9. The SMILES string of the molecule is CC(=O)Nc1c2oc3cc(Cl)ccc3c2nn1C. The average Bonchev–Trinajstić information content (AvgIpc) is 2.76. The van der Waals surface area contributed by atoms with Crippen molar-refractivity contribution in [2.75, 3.05) is 5.32 Å². The number of fused-ring (bicyclic) bond motifs is 3. The van der Waals surface area contributed by atoms with E-state index in [-0.39, 0.29) is 5.91 Å². The minimum Gasteiger partial charge on any atom is -0.450 e. The van der Waals surface area contributed by atoms with Gasteiger partial charge in [0.05, 0.1) is 0 Å². The van der Waals surface area contributed by atoms with Crippen molar-refractivity contribution in [3.63, 3.8) is 0 Å². The quantitative estimate of drug-likeness (QED) is 0.734. The number of hydrogen-bond donors (Lipinski definition) is 1. The van der Waals surface area contributed by atoms with E-state index in [0.717, 1.165) is 5.39 Å². The highest BCUT2D eigenvalue weighted by Crippen LogP contribution is 2.33. The molecule has 0 saturated heterocycles. The van der Waals surface area contributed by atoms with Crippen LogP contribution >= 0.6 is 11.6 Å². The highest BCUT2D eigenvalue weighted by atomic mass is 35.5. The van der Waals surface area contributed by atoms with Crippen molar-refractivity contribution in [2.45, 2.75) is 6.92 Å². The van der Waals surface area contributed by atoms with Gasteiger partial charge in [-0.05, 0) is 12.1 Å². The van der Waals surface area contributed by atoms with Crippen LogP contribution in [0.2, 0.25) is 5.02 Å². The second-order valence-electron chi connectivity index (χ2n) is 4.07. The molecule has 0 unspecified atom stereocenters. The highest BCUT2D eigenvalue weighted by molar-refractivity contribution is 6.31. The molecule has 18 heavy (non-hydrogen) atoms. The molecule has 0 bridgehead atoms. The molecule has 2 heterocycles. The van der Waals surface area contributed by atoms with Crippen LogP contribution in [-0.4, -0.2) is 15.7 Å². The van der Waals surface area contributed by atoms with Crippen molar-refractivity contribution in [3.8, 4) is 0 Å². The molecule has 5 nitrogen and oxygen atoms in total. The molecule has 1 aromatic carbocycles. The maximum atomic E-state index is 11.2. The first-order chi connectivity index (χ1) is 8.56. The molecule has 1 N–H and O–H groups in total. The number of rotatable bonds is 1. The number of benzene rings is 1. The number of aryl methyl sites for hydroxylation is 1. The van der Waals surface area contributed by atoms with Gasteiger partial charge in [0.25, 0.3) is 0 Å². The standard InChI is InChI=1S/C12H10ClN3O2/c1-6(17)14-12-11-10(15-16(12)2)8-4-3-7(13)5-9(8)18-11/h3-5H,1-2H3,(H,14,17). The van der Waals surface area contributed by atoms with Gasteiger partial charge >= 0.3 is 0 Å². The molecule has 0 spiro atoms. The van der Waals surface area contributed by atoms with E-state index in [1.165, 1.54) is 6.92 Å². The Bertz CT molecular complexity index is 772. The zero-order valence-electron chi connectivity index (χ0n) is 9.82. The molecule has 2 aromatic heterocycles. The Kier molecular flexibility index (Phi) is 2.31. The van der Waals surface area contributed by atoms with Crippen LogP contribution in [0.1, 0.15) is 6.92 Å². The van der Waals surface area contributed by atoms with Crippen LogP contribution in [0.3, 0.4) is 0 Å². The summed E-state index contributed by atoms with van der Waals surface area (Å²) >= 11 is 5.91. The number of hydrogen-bond acceptors (Lipinski definition) is 3. The number of carbonyl (C=O) groups excluding carboxylic acids is 1. The molecule has 0 fully saturated rings. The molecule has 0 atom stereocenters. The number of halogens is 1. The Morgan fingerprint density at radius 1 is 1.50 bits per heavy atom. The van der Waals surface area contributed by atoms with Gasteiger partial charge in [0, 0.05) is 30.4 Å². The molecule has 3 rings (SSSR count). The van der Waals surface area contributed by atoms with Gasteiger partial charge in [-0.2, -0.15) is 5.10 Å². The average molecular weight is 264 g/mol. The molecule has 0 aliphatic rings. The topological polar surface area (TPSA) is 60.1 Å². The number of furan rings is 1. The predicted molar refractivity (Wildman–Crippen MR) is 69.8 cm³/mol. The first-order valence-electron chi connectivity index (χ1n) is 5.38. The molecule has 6 heteroatoms. The molecule has 3 aromatic rings. The normalized spacial score (nSPS) is 11.3. The van der Waals surface area contributed by atoms with Crippen LogP contribution < -0.4 is 5.32 Å². The number of anilines is 1. The van der Waals surface area contributed by atoms with E-state index in [1.54, 1.807) is 23.9 Å². The van der Waals surface area contributed by atoms with Crippen molar-refractivity contribution >= 4 is 45.4 Å². The summed E-state index contributed by atoms with van der Waals surface area (Å²) in [7, 11) is 1.75. The Labute approximate surface area is 107 Å². The van der Waals surface area contributed by atoms with Gasteiger partial charge in [-0.25, -0.2) is 4.68 Å². The van der Waals surface area contributed by atoms with Gasteiger partial charge < -0.3 is 9.73 Å². The zero-order valence-corrected chi connectivity index (χ0v) is 10.6. The van der Waals surface area contributed by atoms with E-state index >= 15 is 0 Å². The van der Waals surface area contributed by atoms with Crippen molar-refractivity contribution in [2.24, 2.45) is 7.05 Å². The van der Waals surface area contributed by atoms with Crippen LogP contribution in [-0.2, 0) is 11.8 Å². The lowest BCUT2D eigenvalue weighted by molar-refractivity contribution is -0.114. The molecular weight excluding hydrogens is 254 g/mol. The van der Waals surface area contributed by atoms with Gasteiger partial charge in [0.15, 0.2) is 11.4 Å². The first kappa shape index (κ1) is 11.1. The van der Waals surface area contributed by atoms with E-state index in [9.17, 15) is 4.79 Å². The van der Waals surface area contributed by atoms with E-state index < -0.39 is 0 Å². The number of carbonyl (C=O) groups is 1. The van der Waals surface area contributed by atoms with Crippen molar-refractivity contribution in [1.29, 1.82) is 0 Å². The van der Waals surface area contributed by atoms with Crippen molar-refractivity contribution in [1.82, 2.24) is 9.78 Å². The third-order valence-corrected chi connectivity index (χ3v) is 2.94. The fraction of sp³-hybridized carbons (Fsp3) is 0.167. The number of nitrogens with zero attached hydrogens (tertiary/aromatic N) is 2. The lowest BCUT2D eigenvalue weighted by Crippen LogP contribution is -2.09. The molecule has 0 saturated carbocycles. The van der Waals surface area contributed by atoms with Crippen LogP contribution in [0.15, 0.2) is 22.6 Å². The summed E-state index contributed by atoms with van der Waals surface area (Å²) in [4.78, 5) is 11.2. The van der Waals surface area contributed by atoms with E-state index in [2.05, 4.69) is 10.4 Å². The lowest BCUT2D eigenvalue weighted by Gasteiger charge is -2.00. The Balaban J connectivity index is 2.34. The summed E-state index contributed by atoms with van der Waals surface area (Å²) in [6.07, 6.45) is 0. The van der Waals surface area contributed by atoms with Crippen LogP contribution in [0.25, 0.3) is 22.1 Å². The summed E-state index contributed by atoms with van der Waals surface area (Å²) in [5.74, 6) is 0.378. The summed E-state index contributed by atoms with van der Waals surface area (Å²) < 4.78 is 7.29. The van der Waals surface area contributed by atoms with Gasteiger partial charge in [-0.3, -0.25) is 4.79 Å². The molecule has 1 amide bonds. The summed E-state index contributed by atoms with van der Waals surface area (Å²) in [5, 5.41) is 8.53. The van der Waals surface area contributed by atoms with Crippen molar-refractivity contribution in [3.05, 3.63) is 23.2 Å². The minimum absolute atomic E-state index is 0.168. The van der Waals surface area contributed by atoms with Gasteiger partial charge in [0.1, 0.15) is 11.1 Å². The van der Waals surface area contributed by atoms with Crippen LogP contribution in [0.4, 0.5) is 5.82 Å². The summed E-state index contributed by atoms with van der Waals surface area (Å²) in [6.45, 7) is 1.44. The third-order valence-electron chi connectivity index (χ3n) is 2.71. The fourth-order valence-corrected chi connectivity index (χ4v) is 2.13. The minimum atomic E-state index is -0.168. The smallest absolute Gasteiger partial charge is 0.222 e. The number of aromatic nitrogens is 2. The van der Waals surface area contributed by atoms with Crippen molar-refractivity contribution < 1.29 is 9.21 Å². The number of nitrogens with one attached hydrogen (secondary N) is 1. The maximum Gasteiger partial charge on any atom is 0.222 e. The van der Waals surface area contributed by atoms with Gasteiger partial charge in [-0.15, -0.1) is 0 Å². The Hall–Kier alpha value is -2.01. The van der Waals surface area contributed by atoms with Gasteiger partial charge in [-0.1, -0.05) is 11.6 Å². The van der Waals surface area contributed by atoms with Gasteiger partial charge in [0.2, 0.25) is 5.91 Å². The summed E-state index contributed by atoms with van der Waals surface area (Å²) in [6, 6.07) is 5.37. The Morgan fingerprint density at radius 2 is 2.28 bits per heavy atom. The predicted octanol–water partition coefficient (Wildman–Crippen LogP) is 2.93. The fourth-order valence-electron chi connectivity index (χ4n) is 1.97. The molecule has 0 radical (unpaired) electrons. The highest BCUT2D eigenvalue weighted by Gasteiger charge is 2.17. The van der Waals surface area contributed by atoms with Crippen LogP contribution in [0.5, 0.6) is 0 Å². The molecule has 0 aliphatic heterocycles. The largest absolute Gasteiger partial charge is 0.450 e. The molecule has 0 aliphatic carbocycles. The maximum absolute atomic E-state index is 11.2. The first-order valence-corrected chi connectivity index (χ1v) is 5.76. The lowest BCUT2D eigenvalue weighted by atomic mass is 10.2. The van der Waals surface area contributed by atoms with E-state index in [4.69, 9.17) is 16.0 Å². The Morgan fingerprint density at radius 3 is 3.00 bits per heavy atom.